The SMILES string of the molecule is CCC1(C(=O)Cc2c(Br)c(C)nn2C)CCNCC1. The second kappa shape index (κ2) is 5.75. The van der Waals surface area contributed by atoms with E-state index in [0.29, 0.717) is 12.2 Å². The van der Waals surface area contributed by atoms with Crippen LogP contribution in [-0.4, -0.2) is 28.7 Å². The largest absolute Gasteiger partial charge is 0.317 e. The average molecular weight is 328 g/mol. The molecule has 1 aromatic rings. The van der Waals surface area contributed by atoms with E-state index >= 15 is 0 Å². The molecule has 0 bridgehead atoms. The number of carbonyl (C=O) groups is 1. The Kier molecular flexibility index (Phi) is 4.46. The highest BCUT2D eigenvalue weighted by Crippen LogP contribution is 2.35. The minimum atomic E-state index is -0.136. The van der Waals surface area contributed by atoms with Crippen molar-refractivity contribution < 1.29 is 4.79 Å². The third kappa shape index (κ3) is 2.77. The van der Waals surface area contributed by atoms with Gasteiger partial charge >= 0.3 is 0 Å². The molecule has 1 aliphatic heterocycles. The lowest BCUT2D eigenvalue weighted by atomic mass is 9.72. The number of carbonyl (C=O) groups excluding carboxylic acids is 1. The van der Waals surface area contributed by atoms with Crippen LogP contribution in [0.2, 0.25) is 0 Å². The number of nitrogens with zero attached hydrogens (tertiary/aromatic N) is 2. The number of aromatic nitrogens is 2. The van der Waals surface area contributed by atoms with Crippen LogP contribution in [0.3, 0.4) is 0 Å². The molecule has 1 fully saturated rings. The van der Waals surface area contributed by atoms with Crippen molar-refractivity contribution in [1.82, 2.24) is 15.1 Å². The lowest BCUT2D eigenvalue weighted by molar-refractivity contribution is -0.130. The van der Waals surface area contributed by atoms with Crippen molar-refractivity contribution in [1.29, 1.82) is 0 Å². The molecule has 2 rings (SSSR count). The van der Waals surface area contributed by atoms with E-state index in [2.05, 4.69) is 33.3 Å². The van der Waals surface area contributed by atoms with Gasteiger partial charge in [-0.15, -0.1) is 0 Å². The highest BCUT2D eigenvalue weighted by Gasteiger charge is 2.37. The van der Waals surface area contributed by atoms with Crippen LogP contribution in [0.4, 0.5) is 0 Å². The number of ketones is 1. The van der Waals surface area contributed by atoms with Crippen molar-refractivity contribution >= 4 is 21.7 Å². The van der Waals surface area contributed by atoms with Crippen molar-refractivity contribution in [3.05, 3.63) is 15.9 Å². The predicted molar refractivity (Wildman–Crippen MR) is 79.2 cm³/mol. The first kappa shape index (κ1) is 14.7. The average Bonchev–Trinajstić information content (AvgIpc) is 2.66. The fraction of sp³-hybridized carbons (Fsp3) is 0.714. The number of hydrogen-bond donors (Lipinski definition) is 1. The normalized spacial score (nSPS) is 18.5. The number of piperidine rings is 1. The molecule has 106 valence electrons. The Balaban J connectivity index is 2.19. The van der Waals surface area contributed by atoms with E-state index in [1.807, 2.05) is 18.7 Å². The van der Waals surface area contributed by atoms with E-state index in [-0.39, 0.29) is 5.41 Å². The Morgan fingerprint density at radius 3 is 2.58 bits per heavy atom. The summed E-state index contributed by atoms with van der Waals surface area (Å²) in [6.45, 7) is 5.99. The molecule has 4 nitrogen and oxygen atoms in total. The molecule has 0 radical (unpaired) electrons. The molecule has 0 saturated carbocycles. The van der Waals surface area contributed by atoms with E-state index in [0.717, 1.165) is 48.2 Å². The number of rotatable bonds is 4. The molecular formula is C14H22BrN3O. The van der Waals surface area contributed by atoms with Crippen LogP contribution in [0.25, 0.3) is 0 Å². The lowest BCUT2D eigenvalue weighted by Crippen LogP contribution is -2.42. The summed E-state index contributed by atoms with van der Waals surface area (Å²) in [5, 5.41) is 7.70. The van der Waals surface area contributed by atoms with Crippen LogP contribution in [-0.2, 0) is 18.3 Å². The fourth-order valence-corrected chi connectivity index (χ4v) is 3.42. The highest BCUT2D eigenvalue weighted by molar-refractivity contribution is 9.10. The fourth-order valence-electron chi connectivity index (χ4n) is 2.95. The zero-order valence-corrected chi connectivity index (χ0v) is 13.5. The van der Waals surface area contributed by atoms with Crippen molar-refractivity contribution in [3.8, 4) is 0 Å². The Morgan fingerprint density at radius 2 is 2.11 bits per heavy atom. The van der Waals surface area contributed by atoms with E-state index in [9.17, 15) is 4.79 Å². The van der Waals surface area contributed by atoms with Crippen molar-refractivity contribution in [2.45, 2.75) is 39.5 Å². The number of Topliss-reactive ketones (excluding diaryl/α,β-unsaturated/α-hetero) is 1. The predicted octanol–water partition coefficient (Wildman–Crippen LogP) is 2.38. The Morgan fingerprint density at radius 1 is 1.47 bits per heavy atom. The lowest BCUT2D eigenvalue weighted by Gasteiger charge is -2.35. The molecule has 0 amide bonds. The van der Waals surface area contributed by atoms with Gasteiger partial charge in [-0.3, -0.25) is 9.48 Å². The number of nitrogens with one attached hydrogen (secondary N) is 1. The van der Waals surface area contributed by atoms with Gasteiger partial charge in [0.2, 0.25) is 0 Å². The van der Waals surface area contributed by atoms with Crippen LogP contribution < -0.4 is 5.32 Å². The van der Waals surface area contributed by atoms with Crippen LogP contribution in [0.1, 0.15) is 37.6 Å². The second-order valence-corrected chi connectivity index (χ2v) is 6.25. The summed E-state index contributed by atoms with van der Waals surface area (Å²) in [6.07, 6.45) is 3.32. The zero-order valence-electron chi connectivity index (χ0n) is 11.9. The Hall–Kier alpha value is -0.680. The molecule has 2 heterocycles. The third-order valence-corrected chi connectivity index (χ3v) is 5.45. The molecule has 1 saturated heterocycles. The van der Waals surface area contributed by atoms with Crippen LogP contribution >= 0.6 is 15.9 Å². The molecule has 19 heavy (non-hydrogen) atoms. The number of halogens is 1. The minimum absolute atomic E-state index is 0.136. The maximum atomic E-state index is 12.7. The molecule has 1 N–H and O–H groups in total. The van der Waals surface area contributed by atoms with E-state index in [1.54, 1.807) is 0 Å². The van der Waals surface area contributed by atoms with Gasteiger partial charge in [0.05, 0.1) is 22.3 Å². The van der Waals surface area contributed by atoms with Crippen molar-refractivity contribution in [2.75, 3.05) is 13.1 Å². The van der Waals surface area contributed by atoms with Gasteiger partial charge in [-0.2, -0.15) is 5.10 Å². The number of hydrogen-bond acceptors (Lipinski definition) is 3. The van der Waals surface area contributed by atoms with Gasteiger partial charge < -0.3 is 5.32 Å². The summed E-state index contributed by atoms with van der Waals surface area (Å²) >= 11 is 3.55. The molecule has 1 aliphatic rings. The van der Waals surface area contributed by atoms with Crippen LogP contribution in [0, 0.1) is 12.3 Å². The van der Waals surface area contributed by atoms with Gasteiger partial charge in [0, 0.05) is 12.5 Å². The maximum Gasteiger partial charge on any atom is 0.145 e. The van der Waals surface area contributed by atoms with Crippen LogP contribution in [0.15, 0.2) is 4.47 Å². The standard InChI is InChI=1S/C14H22BrN3O/c1-4-14(5-7-16-8-6-14)12(19)9-11-13(15)10(2)17-18(11)3/h16H,4-9H2,1-3H3. The summed E-state index contributed by atoms with van der Waals surface area (Å²) in [5.74, 6) is 0.361. The molecule has 1 aromatic heterocycles. The van der Waals surface area contributed by atoms with Crippen molar-refractivity contribution in [3.63, 3.8) is 0 Å². The van der Waals surface area contributed by atoms with Gasteiger partial charge in [0.25, 0.3) is 0 Å². The molecule has 0 atom stereocenters. The smallest absolute Gasteiger partial charge is 0.145 e. The zero-order chi connectivity index (χ0) is 14.0. The summed E-state index contributed by atoms with van der Waals surface area (Å²) in [7, 11) is 1.90. The van der Waals surface area contributed by atoms with Crippen LogP contribution in [0.5, 0.6) is 0 Å². The molecule has 0 aromatic carbocycles. The molecule has 0 aliphatic carbocycles. The number of aryl methyl sites for hydroxylation is 2. The summed E-state index contributed by atoms with van der Waals surface area (Å²) < 4.78 is 2.80. The Bertz CT molecular complexity index is 475. The summed E-state index contributed by atoms with van der Waals surface area (Å²) in [6, 6.07) is 0. The summed E-state index contributed by atoms with van der Waals surface area (Å²) in [4.78, 5) is 12.7. The van der Waals surface area contributed by atoms with Gasteiger partial charge in [-0.25, -0.2) is 0 Å². The van der Waals surface area contributed by atoms with E-state index < -0.39 is 0 Å². The first-order valence-electron chi connectivity index (χ1n) is 6.92. The van der Waals surface area contributed by atoms with Gasteiger partial charge in [0.1, 0.15) is 5.78 Å². The molecule has 5 heteroatoms. The Labute approximate surface area is 123 Å². The highest BCUT2D eigenvalue weighted by atomic mass is 79.9. The molecular weight excluding hydrogens is 306 g/mol. The van der Waals surface area contributed by atoms with Crippen molar-refractivity contribution in [2.24, 2.45) is 12.5 Å². The quantitative estimate of drug-likeness (QED) is 0.923. The molecule has 0 unspecified atom stereocenters. The maximum absolute atomic E-state index is 12.7. The summed E-state index contributed by atoms with van der Waals surface area (Å²) in [5.41, 5.74) is 1.80. The monoisotopic (exact) mass is 327 g/mol. The topological polar surface area (TPSA) is 46.9 Å². The van der Waals surface area contributed by atoms with Gasteiger partial charge in [-0.05, 0) is 55.2 Å². The van der Waals surface area contributed by atoms with Gasteiger partial charge in [0.15, 0.2) is 0 Å². The first-order valence-corrected chi connectivity index (χ1v) is 7.71. The first-order chi connectivity index (χ1) is 9.00. The minimum Gasteiger partial charge on any atom is -0.317 e. The second-order valence-electron chi connectivity index (χ2n) is 5.45. The van der Waals surface area contributed by atoms with E-state index in [4.69, 9.17) is 0 Å². The van der Waals surface area contributed by atoms with E-state index in [1.165, 1.54) is 0 Å². The molecule has 0 spiro atoms. The van der Waals surface area contributed by atoms with Gasteiger partial charge in [-0.1, -0.05) is 6.92 Å². The third-order valence-electron chi connectivity index (χ3n) is 4.42.